The first-order valence-corrected chi connectivity index (χ1v) is 7.61. The molecule has 0 bridgehead atoms. The Morgan fingerprint density at radius 3 is 2.48 bits per heavy atom. The minimum absolute atomic E-state index is 0.0888. The first-order valence-electron chi connectivity index (χ1n) is 5.96. The third-order valence-electron chi connectivity index (χ3n) is 2.98. The molecule has 0 amide bonds. The molecule has 0 saturated carbocycles. The maximum atomic E-state index is 13.7. The van der Waals surface area contributed by atoms with E-state index < -0.39 is 27.2 Å². The largest absolute Gasteiger partial charge is 0.478 e. The number of carboxylic acid groups (broad SMARTS) is 1. The Morgan fingerprint density at radius 1 is 1.29 bits per heavy atom. The summed E-state index contributed by atoms with van der Waals surface area (Å²) in [5.41, 5.74) is 0.00555. The van der Waals surface area contributed by atoms with Crippen molar-refractivity contribution in [3.63, 3.8) is 0 Å². The summed E-state index contributed by atoms with van der Waals surface area (Å²) in [7, 11) is -3.85. The number of halogens is 1. The minimum atomic E-state index is -3.85. The molecular weight excluding hydrogens is 297 g/mol. The van der Waals surface area contributed by atoms with Crippen LogP contribution in [0.15, 0.2) is 41.6 Å². The number of nitrogens with zero attached hydrogens (tertiary/aromatic N) is 1. The Bertz CT molecular complexity index is 788. The van der Waals surface area contributed by atoms with Crippen LogP contribution >= 0.6 is 0 Å². The maximum absolute atomic E-state index is 13.7. The van der Waals surface area contributed by atoms with Crippen molar-refractivity contribution in [3.8, 4) is 0 Å². The first kappa shape index (κ1) is 15.1. The summed E-state index contributed by atoms with van der Waals surface area (Å²) in [4.78, 5) is 14.4. The van der Waals surface area contributed by atoms with E-state index in [0.717, 1.165) is 12.1 Å². The molecule has 0 spiro atoms. The number of pyridine rings is 1. The number of rotatable bonds is 4. The first-order chi connectivity index (χ1) is 9.81. The zero-order valence-corrected chi connectivity index (χ0v) is 11.9. The molecule has 1 heterocycles. The van der Waals surface area contributed by atoms with Gasteiger partial charge in [-0.2, -0.15) is 0 Å². The minimum Gasteiger partial charge on any atom is -0.478 e. The monoisotopic (exact) mass is 309 g/mol. The average molecular weight is 309 g/mol. The molecule has 0 aliphatic rings. The van der Waals surface area contributed by atoms with Crippen LogP contribution in [0.3, 0.4) is 0 Å². The zero-order valence-electron chi connectivity index (χ0n) is 11.1. The highest BCUT2D eigenvalue weighted by Crippen LogP contribution is 2.24. The van der Waals surface area contributed by atoms with E-state index in [0.29, 0.717) is 5.56 Å². The van der Waals surface area contributed by atoms with Crippen molar-refractivity contribution in [2.45, 2.75) is 17.6 Å². The van der Waals surface area contributed by atoms with Crippen molar-refractivity contribution in [2.24, 2.45) is 0 Å². The van der Waals surface area contributed by atoms with Crippen molar-refractivity contribution >= 4 is 15.8 Å². The molecule has 0 aliphatic carbocycles. The number of benzene rings is 1. The van der Waals surface area contributed by atoms with Gasteiger partial charge in [-0.25, -0.2) is 17.6 Å². The molecule has 0 radical (unpaired) electrons. The fourth-order valence-corrected chi connectivity index (χ4v) is 3.53. The van der Waals surface area contributed by atoms with E-state index >= 15 is 0 Å². The van der Waals surface area contributed by atoms with Gasteiger partial charge in [0, 0.05) is 18.0 Å². The third-order valence-corrected chi connectivity index (χ3v) is 4.79. The fraction of sp³-hybridized carbons (Fsp3) is 0.143. The normalized spacial score (nSPS) is 11.3. The summed E-state index contributed by atoms with van der Waals surface area (Å²) in [6.07, 6.45) is 2.90. The standard InChI is InChI=1S/C14H12FNO4S/c1-9-12(15)6-11(14(17)18)7-13(9)21(19,20)8-10-2-4-16-5-3-10/h2-7H,8H2,1H3,(H,17,18). The van der Waals surface area contributed by atoms with Crippen molar-refractivity contribution < 1.29 is 22.7 Å². The van der Waals surface area contributed by atoms with E-state index in [2.05, 4.69) is 4.98 Å². The van der Waals surface area contributed by atoms with Gasteiger partial charge in [0.15, 0.2) is 9.84 Å². The lowest BCUT2D eigenvalue weighted by molar-refractivity contribution is 0.0696. The Kier molecular flexibility index (Phi) is 4.04. The third kappa shape index (κ3) is 3.25. The molecule has 0 saturated heterocycles. The Morgan fingerprint density at radius 2 is 1.90 bits per heavy atom. The molecule has 1 N–H and O–H groups in total. The molecule has 0 aliphatic heterocycles. The van der Waals surface area contributed by atoms with Gasteiger partial charge in [-0.3, -0.25) is 4.98 Å². The van der Waals surface area contributed by atoms with Crippen molar-refractivity contribution in [1.29, 1.82) is 0 Å². The van der Waals surface area contributed by atoms with Crippen LogP contribution in [0.1, 0.15) is 21.5 Å². The smallest absolute Gasteiger partial charge is 0.335 e. The van der Waals surface area contributed by atoms with Crippen LogP contribution in [0.25, 0.3) is 0 Å². The molecule has 0 fully saturated rings. The fourth-order valence-electron chi connectivity index (χ4n) is 1.88. The van der Waals surface area contributed by atoms with Crippen LogP contribution < -0.4 is 0 Å². The predicted molar refractivity (Wildman–Crippen MR) is 73.2 cm³/mol. The number of aromatic nitrogens is 1. The van der Waals surface area contributed by atoms with Crippen LogP contribution in [-0.4, -0.2) is 24.5 Å². The molecule has 5 nitrogen and oxygen atoms in total. The SMILES string of the molecule is Cc1c(F)cc(C(=O)O)cc1S(=O)(=O)Cc1ccncc1. The number of hydrogen-bond acceptors (Lipinski definition) is 4. The van der Waals surface area contributed by atoms with Crippen LogP contribution in [0, 0.1) is 12.7 Å². The molecule has 21 heavy (non-hydrogen) atoms. The highest BCUT2D eigenvalue weighted by molar-refractivity contribution is 7.90. The lowest BCUT2D eigenvalue weighted by atomic mass is 10.1. The van der Waals surface area contributed by atoms with Gasteiger partial charge < -0.3 is 5.11 Å². The zero-order chi connectivity index (χ0) is 15.6. The molecule has 2 rings (SSSR count). The highest BCUT2D eigenvalue weighted by atomic mass is 32.2. The summed E-state index contributed by atoms with van der Waals surface area (Å²) in [5.74, 6) is -2.59. The quantitative estimate of drug-likeness (QED) is 0.936. The lowest BCUT2D eigenvalue weighted by Gasteiger charge is -2.10. The van der Waals surface area contributed by atoms with E-state index in [9.17, 15) is 17.6 Å². The summed E-state index contributed by atoms with van der Waals surface area (Å²) >= 11 is 0. The van der Waals surface area contributed by atoms with E-state index in [1.807, 2.05) is 0 Å². The Labute approximate surface area is 121 Å². The predicted octanol–water partition coefficient (Wildman–Crippen LogP) is 2.20. The Balaban J connectivity index is 2.52. The van der Waals surface area contributed by atoms with E-state index in [1.165, 1.54) is 31.5 Å². The molecular formula is C14H12FNO4S. The summed E-state index contributed by atoms with van der Waals surface area (Å²) in [5, 5.41) is 8.91. The van der Waals surface area contributed by atoms with Gasteiger partial charge in [0.25, 0.3) is 0 Å². The van der Waals surface area contributed by atoms with Crippen molar-refractivity contribution in [1.82, 2.24) is 4.98 Å². The van der Waals surface area contributed by atoms with Crippen molar-refractivity contribution in [3.05, 3.63) is 59.2 Å². The van der Waals surface area contributed by atoms with Crippen LogP contribution in [-0.2, 0) is 15.6 Å². The van der Waals surface area contributed by atoms with Crippen LogP contribution in [0.2, 0.25) is 0 Å². The molecule has 110 valence electrons. The molecule has 0 unspecified atom stereocenters. The summed E-state index contributed by atoms with van der Waals surface area (Å²) in [6.45, 7) is 1.31. The Hall–Kier alpha value is -2.28. The second-order valence-electron chi connectivity index (χ2n) is 4.50. The molecule has 7 heteroatoms. The van der Waals surface area contributed by atoms with Gasteiger partial charge in [-0.05, 0) is 36.8 Å². The molecule has 1 aromatic carbocycles. The van der Waals surface area contributed by atoms with Crippen LogP contribution in [0.5, 0.6) is 0 Å². The number of carbonyl (C=O) groups is 1. The number of aromatic carboxylic acids is 1. The topological polar surface area (TPSA) is 84.3 Å². The van der Waals surface area contributed by atoms with Gasteiger partial charge in [0.2, 0.25) is 0 Å². The van der Waals surface area contributed by atoms with E-state index in [-0.39, 0.29) is 16.2 Å². The number of sulfone groups is 1. The van der Waals surface area contributed by atoms with Gasteiger partial charge in [-0.15, -0.1) is 0 Å². The van der Waals surface area contributed by atoms with Gasteiger partial charge in [0.05, 0.1) is 16.2 Å². The van der Waals surface area contributed by atoms with Crippen LogP contribution in [0.4, 0.5) is 4.39 Å². The molecule has 0 atom stereocenters. The van der Waals surface area contributed by atoms with Crippen molar-refractivity contribution in [2.75, 3.05) is 0 Å². The van der Waals surface area contributed by atoms with Gasteiger partial charge in [-0.1, -0.05) is 0 Å². The number of hydrogen-bond donors (Lipinski definition) is 1. The second-order valence-corrected chi connectivity index (χ2v) is 6.46. The van der Waals surface area contributed by atoms with E-state index in [4.69, 9.17) is 5.11 Å². The molecule has 2 aromatic rings. The highest BCUT2D eigenvalue weighted by Gasteiger charge is 2.22. The maximum Gasteiger partial charge on any atom is 0.335 e. The van der Waals surface area contributed by atoms with Gasteiger partial charge in [0.1, 0.15) is 5.82 Å². The van der Waals surface area contributed by atoms with Gasteiger partial charge >= 0.3 is 5.97 Å². The average Bonchev–Trinajstić information content (AvgIpc) is 2.41. The lowest BCUT2D eigenvalue weighted by Crippen LogP contribution is -2.10. The summed E-state index contributed by atoms with van der Waals surface area (Å²) in [6, 6.07) is 4.86. The van der Waals surface area contributed by atoms with E-state index in [1.54, 1.807) is 0 Å². The summed E-state index contributed by atoms with van der Waals surface area (Å²) < 4.78 is 38.5. The second kappa shape index (κ2) is 5.61. The number of carboxylic acids is 1. The molecule has 1 aromatic heterocycles.